The molecule has 0 aliphatic carbocycles. The first-order valence-corrected chi connectivity index (χ1v) is 15.3. The van der Waals surface area contributed by atoms with Gasteiger partial charge >= 0.3 is 19.8 Å². The molecule has 0 saturated heterocycles. The minimum atomic E-state index is -4.32. The first kappa shape index (κ1) is 35.0. The van der Waals surface area contributed by atoms with Crippen LogP contribution in [-0.4, -0.2) is 74.9 Å². The predicted molar refractivity (Wildman–Crippen MR) is 141 cm³/mol. The van der Waals surface area contributed by atoms with Gasteiger partial charge in [-0.05, 0) is 6.42 Å². The molecule has 0 aromatic heterocycles. The van der Waals surface area contributed by atoms with Crippen molar-refractivity contribution in [1.82, 2.24) is 0 Å². The molecule has 9 nitrogen and oxygen atoms in total. The second-order valence-electron chi connectivity index (χ2n) is 10.4. The van der Waals surface area contributed by atoms with Crippen molar-refractivity contribution in [2.45, 2.75) is 110 Å². The van der Waals surface area contributed by atoms with Crippen molar-refractivity contribution in [2.24, 2.45) is 0 Å². The first-order chi connectivity index (χ1) is 17.0. The Balaban J connectivity index is 4.21. The number of esters is 2. The third-order valence-electron chi connectivity index (χ3n) is 5.69. The van der Waals surface area contributed by atoms with Crippen molar-refractivity contribution >= 4 is 19.8 Å². The molecule has 214 valence electrons. The van der Waals surface area contributed by atoms with E-state index in [1.807, 2.05) is 21.1 Å². The third kappa shape index (κ3) is 23.4. The highest BCUT2D eigenvalue weighted by Gasteiger charge is 2.26. The van der Waals surface area contributed by atoms with Gasteiger partial charge in [0, 0.05) is 12.8 Å². The van der Waals surface area contributed by atoms with Crippen molar-refractivity contribution in [2.75, 3.05) is 47.5 Å². The number of unbranched alkanes of at least 4 members (excludes halogenated alkanes) is 11. The lowest BCUT2D eigenvalue weighted by atomic mass is 10.0. The molecule has 36 heavy (non-hydrogen) atoms. The van der Waals surface area contributed by atoms with Crippen LogP contribution in [0.4, 0.5) is 0 Å². The van der Waals surface area contributed by atoms with Crippen molar-refractivity contribution in [3.63, 3.8) is 0 Å². The van der Waals surface area contributed by atoms with E-state index in [0.29, 0.717) is 17.4 Å². The summed E-state index contributed by atoms with van der Waals surface area (Å²) < 4.78 is 33.1. The number of quaternary nitrogens is 1. The Morgan fingerprint density at radius 1 is 0.778 bits per heavy atom. The quantitative estimate of drug-likeness (QED) is 0.0713. The number of hydrogen-bond donors (Lipinski definition) is 1. The van der Waals surface area contributed by atoms with Crippen LogP contribution in [0.2, 0.25) is 0 Å². The summed E-state index contributed by atoms with van der Waals surface area (Å²) >= 11 is 0. The molecular weight excluding hydrogens is 485 g/mol. The van der Waals surface area contributed by atoms with Crippen LogP contribution in [0.3, 0.4) is 0 Å². The molecule has 2 unspecified atom stereocenters. The zero-order valence-corrected chi connectivity index (χ0v) is 24.4. The molecule has 0 heterocycles. The van der Waals surface area contributed by atoms with E-state index < -0.39 is 32.5 Å². The highest BCUT2D eigenvalue weighted by Crippen LogP contribution is 2.43. The van der Waals surface area contributed by atoms with Gasteiger partial charge in [-0.25, -0.2) is 4.57 Å². The minimum Gasteiger partial charge on any atom is -0.462 e. The Morgan fingerprint density at radius 2 is 1.31 bits per heavy atom. The van der Waals surface area contributed by atoms with Gasteiger partial charge in [0.05, 0.1) is 27.7 Å². The van der Waals surface area contributed by atoms with Gasteiger partial charge in [-0.3, -0.25) is 18.6 Å². The minimum absolute atomic E-state index is 0.0332. The van der Waals surface area contributed by atoms with E-state index in [0.717, 1.165) is 12.8 Å². The van der Waals surface area contributed by atoms with E-state index in [4.69, 9.17) is 18.5 Å². The fraction of sp³-hybridized carbons (Fsp3) is 0.923. The number of rotatable bonds is 24. The fourth-order valence-corrected chi connectivity index (χ4v) is 4.15. The zero-order valence-electron chi connectivity index (χ0n) is 23.5. The molecule has 2 atom stereocenters. The van der Waals surface area contributed by atoms with Gasteiger partial charge in [-0.2, -0.15) is 0 Å². The summed E-state index contributed by atoms with van der Waals surface area (Å²) in [6, 6.07) is 0. The van der Waals surface area contributed by atoms with Gasteiger partial charge in [0.15, 0.2) is 6.10 Å². The van der Waals surface area contributed by atoms with Crippen molar-refractivity contribution in [3.8, 4) is 0 Å². The molecule has 0 saturated carbocycles. The average Bonchev–Trinajstić information content (AvgIpc) is 2.80. The molecule has 0 aromatic carbocycles. The Bertz CT molecular complexity index is 624. The lowest BCUT2D eigenvalue weighted by Gasteiger charge is -2.24. The Kier molecular flexibility index (Phi) is 20.4. The summed E-state index contributed by atoms with van der Waals surface area (Å²) in [6.45, 7) is 3.79. The molecule has 0 aromatic rings. The van der Waals surface area contributed by atoms with Crippen LogP contribution in [0.1, 0.15) is 104 Å². The lowest BCUT2D eigenvalue weighted by molar-refractivity contribution is -0.870. The summed E-state index contributed by atoms with van der Waals surface area (Å²) in [5, 5.41) is 0. The van der Waals surface area contributed by atoms with E-state index >= 15 is 0 Å². The second-order valence-corrected chi connectivity index (χ2v) is 11.9. The first-order valence-electron chi connectivity index (χ1n) is 13.8. The van der Waals surface area contributed by atoms with E-state index in [-0.39, 0.29) is 26.1 Å². The Morgan fingerprint density at radius 3 is 1.81 bits per heavy atom. The van der Waals surface area contributed by atoms with E-state index in [2.05, 4.69) is 6.92 Å². The second kappa shape index (κ2) is 21.0. The molecule has 0 radical (unpaired) electrons. The number of carbonyl (C=O) groups excluding carboxylic acids is 2. The number of nitrogens with zero attached hydrogens (tertiary/aromatic N) is 1. The summed E-state index contributed by atoms with van der Waals surface area (Å²) in [7, 11) is 1.47. The smallest absolute Gasteiger partial charge is 0.462 e. The highest BCUT2D eigenvalue weighted by atomic mass is 31.2. The number of phosphoric ester groups is 1. The summed E-state index contributed by atoms with van der Waals surface area (Å²) in [6.07, 6.45) is 13.8. The fourth-order valence-electron chi connectivity index (χ4n) is 3.40. The van der Waals surface area contributed by atoms with Crippen LogP contribution in [0, 0.1) is 0 Å². The lowest BCUT2D eigenvalue weighted by Crippen LogP contribution is -2.37. The van der Waals surface area contributed by atoms with Crippen LogP contribution in [-0.2, 0) is 32.7 Å². The van der Waals surface area contributed by atoms with Gasteiger partial charge in [-0.15, -0.1) is 0 Å². The number of carbonyl (C=O) groups is 2. The molecular formula is C26H53NO8P+. The van der Waals surface area contributed by atoms with Gasteiger partial charge in [-0.1, -0.05) is 84.5 Å². The molecule has 0 aliphatic rings. The normalized spacial score (nSPS) is 14.3. The average molecular weight is 539 g/mol. The van der Waals surface area contributed by atoms with Gasteiger partial charge < -0.3 is 18.9 Å². The largest absolute Gasteiger partial charge is 0.472 e. The van der Waals surface area contributed by atoms with Crippen LogP contribution in [0.25, 0.3) is 0 Å². The topological polar surface area (TPSA) is 108 Å². The summed E-state index contributed by atoms with van der Waals surface area (Å²) in [5.41, 5.74) is 0. The highest BCUT2D eigenvalue weighted by molar-refractivity contribution is 7.47. The molecule has 0 fully saturated rings. The zero-order chi connectivity index (χ0) is 27.3. The van der Waals surface area contributed by atoms with Crippen LogP contribution >= 0.6 is 7.82 Å². The SMILES string of the molecule is CCCCCCCCCCCCCCC(=O)OC(COC(=O)CC)COP(=O)(O)OCC[N+](C)(C)C. The molecule has 0 aliphatic heterocycles. The summed E-state index contributed by atoms with van der Waals surface area (Å²) in [4.78, 5) is 33.7. The van der Waals surface area contributed by atoms with E-state index in [9.17, 15) is 19.0 Å². The third-order valence-corrected chi connectivity index (χ3v) is 6.68. The van der Waals surface area contributed by atoms with Crippen LogP contribution in [0.15, 0.2) is 0 Å². The van der Waals surface area contributed by atoms with E-state index in [1.165, 1.54) is 57.8 Å². The maximum atomic E-state index is 12.3. The van der Waals surface area contributed by atoms with E-state index in [1.54, 1.807) is 6.92 Å². The Labute approximate surface area is 219 Å². The Hall–Kier alpha value is -0.990. The van der Waals surface area contributed by atoms with Gasteiger partial charge in [0.25, 0.3) is 0 Å². The standard InChI is InChI=1S/C26H52NO8P/c1-6-8-9-10-11-12-13-14-15-16-17-18-19-26(29)35-24(22-32-25(28)7-2)23-34-36(30,31)33-21-20-27(3,4)5/h24H,6-23H2,1-5H3/p+1. The van der Waals surface area contributed by atoms with Crippen molar-refractivity contribution in [1.29, 1.82) is 0 Å². The van der Waals surface area contributed by atoms with Crippen molar-refractivity contribution in [3.05, 3.63) is 0 Å². The maximum Gasteiger partial charge on any atom is 0.472 e. The number of hydrogen-bond acceptors (Lipinski definition) is 7. The van der Waals surface area contributed by atoms with Crippen molar-refractivity contribution < 1.29 is 42.1 Å². The van der Waals surface area contributed by atoms with Crippen LogP contribution in [0.5, 0.6) is 0 Å². The molecule has 10 heteroatoms. The monoisotopic (exact) mass is 538 g/mol. The number of likely N-dealkylation sites (N-methyl/N-ethyl adjacent to an activating group) is 1. The predicted octanol–water partition coefficient (Wildman–Crippen LogP) is 5.78. The molecule has 0 rings (SSSR count). The van der Waals surface area contributed by atoms with Gasteiger partial charge in [0.1, 0.15) is 19.8 Å². The van der Waals surface area contributed by atoms with Crippen LogP contribution < -0.4 is 0 Å². The van der Waals surface area contributed by atoms with Gasteiger partial charge in [0.2, 0.25) is 0 Å². The number of phosphoric acid groups is 1. The number of ether oxygens (including phenoxy) is 2. The molecule has 0 bridgehead atoms. The molecule has 0 amide bonds. The molecule has 0 spiro atoms. The summed E-state index contributed by atoms with van der Waals surface area (Å²) in [5.74, 6) is -0.898. The maximum absolute atomic E-state index is 12.3. The molecule has 1 N–H and O–H groups in total.